The summed E-state index contributed by atoms with van der Waals surface area (Å²) in [4.78, 5) is 24.7. The molecule has 0 atom stereocenters. The van der Waals surface area contributed by atoms with Gasteiger partial charge >= 0.3 is 0 Å². The molecule has 1 aliphatic heterocycles. The third-order valence-corrected chi connectivity index (χ3v) is 7.31. The molecule has 2 aromatic carbocycles. The van der Waals surface area contributed by atoms with Crippen LogP contribution in [0.2, 0.25) is 0 Å². The smallest absolute Gasteiger partial charge is 0.261 e. The van der Waals surface area contributed by atoms with Crippen LogP contribution in [0.3, 0.4) is 0 Å². The van der Waals surface area contributed by atoms with Crippen LogP contribution in [0.1, 0.15) is 27.0 Å². The topological polar surface area (TPSA) is 120 Å². The SMILES string of the molecule is COc1ccc2c(c1)CCc1cnc(-n3cc(C(=O)Nc4ccc(CCN5CCOCC5)cc4)c(N)n3)nc1-2. The zero-order valence-corrected chi connectivity index (χ0v) is 21.9. The molecular weight excluding hydrogens is 494 g/mol. The number of hydrogen-bond donors (Lipinski definition) is 2. The minimum absolute atomic E-state index is 0.112. The summed E-state index contributed by atoms with van der Waals surface area (Å²) in [6.45, 7) is 4.54. The van der Waals surface area contributed by atoms with Crippen LogP contribution in [-0.2, 0) is 24.0 Å². The number of nitrogens with two attached hydrogens (primary N) is 1. The Morgan fingerprint density at radius 1 is 1.10 bits per heavy atom. The third-order valence-electron chi connectivity index (χ3n) is 7.31. The van der Waals surface area contributed by atoms with E-state index in [1.807, 2.05) is 48.7 Å². The Labute approximate surface area is 226 Å². The lowest BCUT2D eigenvalue weighted by Gasteiger charge is -2.26. The van der Waals surface area contributed by atoms with Crippen molar-refractivity contribution >= 4 is 17.4 Å². The maximum atomic E-state index is 13.0. The molecule has 2 aromatic heterocycles. The molecule has 1 saturated heterocycles. The van der Waals surface area contributed by atoms with Crippen molar-refractivity contribution in [3.63, 3.8) is 0 Å². The number of rotatable bonds is 7. The van der Waals surface area contributed by atoms with Crippen molar-refractivity contribution in [1.82, 2.24) is 24.6 Å². The van der Waals surface area contributed by atoms with E-state index in [0.29, 0.717) is 11.6 Å². The highest BCUT2D eigenvalue weighted by Gasteiger charge is 2.21. The number of nitrogens with one attached hydrogen (secondary N) is 1. The number of amides is 1. The number of ether oxygens (including phenoxy) is 2. The van der Waals surface area contributed by atoms with Gasteiger partial charge in [0.1, 0.15) is 11.3 Å². The predicted octanol–water partition coefficient (Wildman–Crippen LogP) is 3.15. The van der Waals surface area contributed by atoms with Crippen LogP contribution < -0.4 is 15.8 Å². The predicted molar refractivity (Wildman–Crippen MR) is 148 cm³/mol. The van der Waals surface area contributed by atoms with E-state index < -0.39 is 0 Å². The highest BCUT2D eigenvalue weighted by molar-refractivity contribution is 6.07. The monoisotopic (exact) mass is 525 g/mol. The molecule has 6 rings (SSSR count). The molecule has 0 radical (unpaired) electrons. The zero-order valence-electron chi connectivity index (χ0n) is 21.9. The van der Waals surface area contributed by atoms with Gasteiger partial charge in [0.2, 0.25) is 0 Å². The molecule has 0 saturated carbocycles. The molecule has 10 nitrogen and oxygen atoms in total. The van der Waals surface area contributed by atoms with E-state index in [0.717, 1.165) is 74.7 Å². The highest BCUT2D eigenvalue weighted by Crippen LogP contribution is 2.34. The second-order valence-corrected chi connectivity index (χ2v) is 9.79. The van der Waals surface area contributed by atoms with Crippen LogP contribution in [0, 0.1) is 0 Å². The molecule has 1 fully saturated rings. The number of nitrogen functional groups attached to an aromatic ring is 1. The number of aromatic nitrogens is 4. The summed E-state index contributed by atoms with van der Waals surface area (Å²) < 4.78 is 12.2. The molecule has 0 unspecified atom stereocenters. The van der Waals surface area contributed by atoms with E-state index in [-0.39, 0.29) is 17.3 Å². The van der Waals surface area contributed by atoms with E-state index in [9.17, 15) is 4.79 Å². The Hall–Kier alpha value is -4.28. The Morgan fingerprint density at radius 2 is 1.90 bits per heavy atom. The van der Waals surface area contributed by atoms with E-state index in [2.05, 4.69) is 20.3 Å². The summed E-state index contributed by atoms with van der Waals surface area (Å²) in [5.74, 6) is 0.953. The number of aryl methyl sites for hydroxylation is 2. The number of carbonyl (C=O) groups is 1. The van der Waals surface area contributed by atoms with Gasteiger partial charge in [-0.3, -0.25) is 9.69 Å². The number of fused-ring (bicyclic) bond motifs is 3. The summed E-state index contributed by atoms with van der Waals surface area (Å²) in [6, 6.07) is 13.9. The van der Waals surface area contributed by atoms with Gasteiger partial charge in [-0.25, -0.2) is 14.6 Å². The van der Waals surface area contributed by atoms with Gasteiger partial charge in [-0.15, -0.1) is 5.10 Å². The maximum absolute atomic E-state index is 13.0. The number of hydrogen-bond acceptors (Lipinski definition) is 8. The van der Waals surface area contributed by atoms with Crippen LogP contribution in [0.15, 0.2) is 54.9 Å². The third kappa shape index (κ3) is 5.34. The van der Waals surface area contributed by atoms with E-state index in [1.54, 1.807) is 13.3 Å². The number of methoxy groups -OCH3 is 1. The second-order valence-electron chi connectivity index (χ2n) is 9.79. The largest absolute Gasteiger partial charge is 0.497 e. The molecule has 0 bridgehead atoms. The molecule has 2 aliphatic rings. The molecule has 3 heterocycles. The minimum Gasteiger partial charge on any atom is -0.497 e. The van der Waals surface area contributed by atoms with Crippen molar-refractivity contribution in [1.29, 1.82) is 0 Å². The Bertz CT molecular complexity index is 1490. The first-order valence-corrected chi connectivity index (χ1v) is 13.2. The van der Waals surface area contributed by atoms with Crippen LogP contribution in [0.25, 0.3) is 17.2 Å². The molecule has 39 heavy (non-hydrogen) atoms. The van der Waals surface area contributed by atoms with Gasteiger partial charge in [0.05, 0.1) is 26.0 Å². The first kappa shape index (κ1) is 25.0. The number of carbonyl (C=O) groups excluding carboxylic acids is 1. The van der Waals surface area contributed by atoms with Crippen molar-refractivity contribution in [2.45, 2.75) is 19.3 Å². The van der Waals surface area contributed by atoms with E-state index in [4.69, 9.17) is 20.2 Å². The van der Waals surface area contributed by atoms with Crippen molar-refractivity contribution in [3.8, 4) is 23.0 Å². The van der Waals surface area contributed by atoms with Gasteiger partial charge in [0.15, 0.2) is 5.82 Å². The Morgan fingerprint density at radius 3 is 2.69 bits per heavy atom. The maximum Gasteiger partial charge on any atom is 0.261 e. The normalized spacial score (nSPS) is 14.9. The quantitative estimate of drug-likeness (QED) is 0.378. The van der Waals surface area contributed by atoms with Crippen LogP contribution in [-0.4, -0.2) is 70.5 Å². The fourth-order valence-electron chi connectivity index (χ4n) is 5.06. The summed E-state index contributed by atoms with van der Waals surface area (Å²) in [7, 11) is 1.66. The van der Waals surface area contributed by atoms with Crippen molar-refractivity contribution < 1.29 is 14.3 Å². The van der Waals surface area contributed by atoms with Gasteiger partial charge < -0.3 is 20.5 Å². The minimum atomic E-state index is -0.338. The van der Waals surface area contributed by atoms with E-state index in [1.165, 1.54) is 15.8 Å². The lowest BCUT2D eigenvalue weighted by atomic mass is 9.90. The summed E-state index contributed by atoms with van der Waals surface area (Å²) in [5.41, 5.74) is 12.5. The molecule has 0 spiro atoms. The highest BCUT2D eigenvalue weighted by atomic mass is 16.5. The van der Waals surface area contributed by atoms with Gasteiger partial charge in [0, 0.05) is 43.3 Å². The fourth-order valence-corrected chi connectivity index (χ4v) is 5.06. The molecule has 4 aromatic rings. The molecular formula is C29H31N7O3. The van der Waals surface area contributed by atoms with Gasteiger partial charge in [-0.05, 0) is 66.3 Å². The van der Waals surface area contributed by atoms with Crippen molar-refractivity contribution in [2.75, 3.05) is 51.0 Å². The molecule has 1 aliphatic carbocycles. The first-order chi connectivity index (χ1) is 19.1. The lowest BCUT2D eigenvalue weighted by molar-refractivity contribution is 0.0384. The molecule has 10 heteroatoms. The molecule has 200 valence electrons. The Kier molecular flexibility index (Phi) is 6.95. The standard InChI is InChI=1S/C29H31N7O3/c1-38-23-8-9-24-20(16-23)4-5-21-17-31-29(33-26(21)24)36-18-25(27(30)34-36)28(37)32-22-6-2-19(3-7-22)10-11-35-12-14-39-15-13-35/h2-3,6-9,16-18H,4-5,10-15H2,1H3,(H2,30,34)(H,32,37). The van der Waals surface area contributed by atoms with Crippen LogP contribution >= 0.6 is 0 Å². The van der Waals surface area contributed by atoms with Crippen molar-refractivity contribution in [3.05, 3.63) is 77.1 Å². The van der Waals surface area contributed by atoms with Gasteiger partial charge in [-0.1, -0.05) is 12.1 Å². The van der Waals surface area contributed by atoms with Gasteiger partial charge in [-0.2, -0.15) is 0 Å². The van der Waals surface area contributed by atoms with Gasteiger partial charge in [0.25, 0.3) is 11.9 Å². The Balaban J connectivity index is 1.15. The van der Waals surface area contributed by atoms with Crippen LogP contribution in [0.4, 0.5) is 11.5 Å². The number of morpholine rings is 1. The zero-order chi connectivity index (χ0) is 26.8. The molecule has 1 amide bonds. The van der Waals surface area contributed by atoms with Crippen molar-refractivity contribution in [2.24, 2.45) is 0 Å². The number of nitrogens with zero attached hydrogens (tertiary/aromatic N) is 5. The average molecular weight is 526 g/mol. The first-order valence-electron chi connectivity index (χ1n) is 13.2. The van der Waals surface area contributed by atoms with Crippen LogP contribution in [0.5, 0.6) is 5.75 Å². The number of benzene rings is 2. The summed E-state index contributed by atoms with van der Waals surface area (Å²) >= 11 is 0. The fraction of sp³-hybridized carbons (Fsp3) is 0.310. The summed E-state index contributed by atoms with van der Waals surface area (Å²) in [6.07, 6.45) is 6.09. The average Bonchev–Trinajstić information content (AvgIpc) is 3.38. The summed E-state index contributed by atoms with van der Waals surface area (Å²) in [5, 5.41) is 7.25. The molecule has 3 N–H and O–H groups in total. The lowest BCUT2D eigenvalue weighted by Crippen LogP contribution is -2.37. The second kappa shape index (κ2) is 10.8. The van der Waals surface area contributed by atoms with E-state index >= 15 is 0 Å². The number of anilines is 2.